The molecule has 0 radical (unpaired) electrons. The zero-order valence-electron chi connectivity index (χ0n) is 18.6. The molecule has 0 fully saturated rings. The molecule has 0 saturated heterocycles. The second-order valence-electron chi connectivity index (χ2n) is 7.64. The minimum Gasteiger partial charge on any atom is -0.452 e. The number of carbonyl (C=O) groups excluding carboxylic acids is 4. The molecule has 3 aromatic carbocycles. The zero-order chi connectivity index (χ0) is 24.0. The third kappa shape index (κ3) is 6.13. The number of hydrogen-bond acceptors (Lipinski definition) is 5. The molecule has 0 aliphatic heterocycles. The maximum absolute atomic E-state index is 12.8. The van der Waals surface area contributed by atoms with Gasteiger partial charge in [0.25, 0.3) is 5.91 Å². The molecule has 7 nitrogen and oxygen atoms in total. The van der Waals surface area contributed by atoms with Crippen molar-refractivity contribution in [2.75, 3.05) is 11.9 Å². The Balaban J connectivity index is 1.60. The standard InChI is InChI=1S/C26H24N2O5/c1-16-8-11-19(12-9-16)24(30)20-6-4-5-7-21(20)25(31)33-15-23(29)28-26(32)27-22-13-10-17(2)14-18(22)3/h4-14H,15H2,1-3H3,(H2,27,28,29,32). The Bertz CT molecular complexity index is 1220. The topological polar surface area (TPSA) is 102 Å². The minimum absolute atomic E-state index is 0.0376. The number of ether oxygens (including phenoxy) is 1. The van der Waals surface area contributed by atoms with Crippen LogP contribution in [-0.4, -0.2) is 30.3 Å². The van der Waals surface area contributed by atoms with Gasteiger partial charge in [-0.25, -0.2) is 9.59 Å². The molecule has 0 atom stereocenters. The summed E-state index contributed by atoms with van der Waals surface area (Å²) in [5, 5.41) is 4.69. The molecule has 0 bridgehead atoms. The number of amides is 3. The van der Waals surface area contributed by atoms with E-state index in [1.165, 1.54) is 12.1 Å². The van der Waals surface area contributed by atoms with Gasteiger partial charge in [0.1, 0.15) is 0 Å². The van der Waals surface area contributed by atoms with E-state index in [0.717, 1.165) is 16.7 Å². The second kappa shape index (κ2) is 10.4. The summed E-state index contributed by atoms with van der Waals surface area (Å²) < 4.78 is 5.04. The summed E-state index contributed by atoms with van der Waals surface area (Å²) in [6.07, 6.45) is 0. The van der Waals surface area contributed by atoms with Crippen LogP contribution in [0.3, 0.4) is 0 Å². The van der Waals surface area contributed by atoms with Crippen molar-refractivity contribution in [3.05, 3.63) is 100 Å². The first-order valence-electron chi connectivity index (χ1n) is 10.3. The number of hydrogen-bond donors (Lipinski definition) is 2. The third-order valence-corrected chi connectivity index (χ3v) is 4.92. The summed E-state index contributed by atoms with van der Waals surface area (Å²) in [5.74, 6) is -1.97. The first-order chi connectivity index (χ1) is 15.7. The van der Waals surface area contributed by atoms with Crippen LogP contribution in [0.1, 0.15) is 43.0 Å². The number of esters is 1. The highest BCUT2D eigenvalue weighted by molar-refractivity contribution is 6.14. The van der Waals surface area contributed by atoms with E-state index in [4.69, 9.17) is 4.74 Å². The van der Waals surface area contributed by atoms with Gasteiger partial charge in [0.2, 0.25) is 0 Å². The Morgan fingerprint density at radius 2 is 1.42 bits per heavy atom. The summed E-state index contributed by atoms with van der Waals surface area (Å²) in [6, 6.07) is 17.9. The maximum atomic E-state index is 12.8. The van der Waals surface area contributed by atoms with Gasteiger partial charge in [-0.15, -0.1) is 0 Å². The van der Waals surface area contributed by atoms with Crippen molar-refractivity contribution in [1.82, 2.24) is 5.32 Å². The van der Waals surface area contributed by atoms with Crippen molar-refractivity contribution in [2.24, 2.45) is 0 Å². The van der Waals surface area contributed by atoms with Gasteiger partial charge in [-0.3, -0.25) is 14.9 Å². The summed E-state index contributed by atoms with van der Waals surface area (Å²) in [6.45, 7) is 5.00. The molecule has 3 rings (SSSR count). The summed E-state index contributed by atoms with van der Waals surface area (Å²) in [4.78, 5) is 49.6. The summed E-state index contributed by atoms with van der Waals surface area (Å²) in [7, 11) is 0. The molecule has 0 spiro atoms. The van der Waals surface area contributed by atoms with Crippen molar-refractivity contribution in [3.8, 4) is 0 Å². The predicted octanol–water partition coefficient (Wildman–Crippen LogP) is 4.35. The fraction of sp³-hybridized carbons (Fsp3) is 0.154. The quantitative estimate of drug-likeness (QED) is 0.435. The lowest BCUT2D eigenvalue weighted by molar-refractivity contribution is -0.123. The van der Waals surface area contributed by atoms with Gasteiger partial charge >= 0.3 is 12.0 Å². The fourth-order valence-electron chi connectivity index (χ4n) is 3.20. The van der Waals surface area contributed by atoms with E-state index >= 15 is 0 Å². The number of anilines is 1. The molecule has 0 aromatic heterocycles. The monoisotopic (exact) mass is 444 g/mol. The van der Waals surface area contributed by atoms with E-state index in [1.807, 2.05) is 45.0 Å². The van der Waals surface area contributed by atoms with Crippen LogP contribution in [0.2, 0.25) is 0 Å². The summed E-state index contributed by atoms with van der Waals surface area (Å²) >= 11 is 0. The van der Waals surface area contributed by atoms with E-state index in [9.17, 15) is 19.2 Å². The number of rotatable bonds is 6. The Morgan fingerprint density at radius 3 is 2.09 bits per heavy atom. The summed E-state index contributed by atoms with van der Waals surface area (Å²) in [5.41, 5.74) is 4.09. The molecule has 33 heavy (non-hydrogen) atoms. The van der Waals surface area contributed by atoms with Gasteiger partial charge in [-0.2, -0.15) is 0 Å². The van der Waals surface area contributed by atoms with Crippen LogP contribution in [0, 0.1) is 20.8 Å². The average molecular weight is 444 g/mol. The normalized spacial score (nSPS) is 10.3. The van der Waals surface area contributed by atoms with Gasteiger partial charge < -0.3 is 10.1 Å². The second-order valence-corrected chi connectivity index (χ2v) is 7.64. The Labute approximate surface area is 191 Å². The minimum atomic E-state index is -0.837. The van der Waals surface area contributed by atoms with Gasteiger partial charge in [0.15, 0.2) is 12.4 Å². The van der Waals surface area contributed by atoms with Crippen molar-refractivity contribution < 1.29 is 23.9 Å². The van der Waals surface area contributed by atoms with Crippen molar-refractivity contribution >= 4 is 29.4 Å². The van der Waals surface area contributed by atoms with E-state index in [1.54, 1.807) is 30.3 Å². The number of ketones is 1. The fourth-order valence-corrected chi connectivity index (χ4v) is 3.20. The Kier molecular flexibility index (Phi) is 7.35. The van der Waals surface area contributed by atoms with Crippen LogP contribution in [0.5, 0.6) is 0 Å². The smallest absolute Gasteiger partial charge is 0.339 e. The number of imide groups is 1. The van der Waals surface area contributed by atoms with Crippen LogP contribution in [0.4, 0.5) is 10.5 Å². The number of benzene rings is 3. The highest BCUT2D eigenvalue weighted by atomic mass is 16.5. The van der Waals surface area contributed by atoms with Crippen molar-refractivity contribution in [2.45, 2.75) is 20.8 Å². The maximum Gasteiger partial charge on any atom is 0.339 e. The lowest BCUT2D eigenvalue weighted by atomic mass is 9.98. The number of aryl methyl sites for hydroxylation is 3. The van der Waals surface area contributed by atoms with Crippen LogP contribution in [-0.2, 0) is 9.53 Å². The average Bonchev–Trinajstić information content (AvgIpc) is 2.79. The molecule has 168 valence electrons. The van der Waals surface area contributed by atoms with Crippen molar-refractivity contribution in [3.63, 3.8) is 0 Å². The Morgan fingerprint density at radius 1 is 0.788 bits per heavy atom. The molecule has 0 aliphatic carbocycles. The lowest BCUT2D eigenvalue weighted by Crippen LogP contribution is -2.37. The first kappa shape index (κ1) is 23.4. The van der Waals surface area contributed by atoms with Gasteiger partial charge in [-0.05, 0) is 38.5 Å². The Hall–Kier alpha value is -4.26. The number of carbonyl (C=O) groups is 4. The molecule has 0 unspecified atom stereocenters. The third-order valence-electron chi connectivity index (χ3n) is 4.92. The molecular weight excluding hydrogens is 420 g/mol. The van der Waals surface area contributed by atoms with E-state index < -0.39 is 24.5 Å². The predicted molar refractivity (Wildman–Crippen MR) is 124 cm³/mol. The van der Waals surface area contributed by atoms with E-state index in [2.05, 4.69) is 10.6 Å². The molecule has 0 aliphatic rings. The first-order valence-corrected chi connectivity index (χ1v) is 10.3. The van der Waals surface area contributed by atoms with Gasteiger partial charge in [-0.1, -0.05) is 65.7 Å². The van der Waals surface area contributed by atoms with Crippen LogP contribution in [0.25, 0.3) is 0 Å². The molecule has 3 amide bonds. The number of urea groups is 1. The highest BCUT2D eigenvalue weighted by Crippen LogP contribution is 2.17. The van der Waals surface area contributed by atoms with Crippen LogP contribution < -0.4 is 10.6 Å². The van der Waals surface area contributed by atoms with Gasteiger partial charge in [0, 0.05) is 16.8 Å². The largest absolute Gasteiger partial charge is 0.452 e. The van der Waals surface area contributed by atoms with Crippen LogP contribution >= 0.6 is 0 Å². The van der Waals surface area contributed by atoms with E-state index in [-0.39, 0.29) is 16.9 Å². The van der Waals surface area contributed by atoms with E-state index in [0.29, 0.717) is 11.3 Å². The molecular formula is C26H24N2O5. The van der Waals surface area contributed by atoms with Crippen molar-refractivity contribution in [1.29, 1.82) is 0 Å². The zero-order valence-corrected chi connectivity index (χ0v) is 18.6. The van der Waals surface area contributed by atoms with Gasteiger partial charge in [0.05, 0.1) is 5.56 Å². The number of nitrogens with one attached hydrogen (secondary N) is 2. The molecule has 0 saturated carbocycles. The highest BCUT2D eigenvalue weighted by Gasteiger charge is 2.20. The molecule has 2 N–H and O–H groups in total. The lowest BCUT2D eigenvalue weighted by Gasteiger charge is -2.11. The SMILES string of the molecule is Cc1ccc(C(=O)c2ccccc2C(=O)OCC(=O)NC(=O)Nc2ccc(C)cc2C)cc1. The molecule has 0 heterocycles. The van der Waals surface area contributed by atoms with Crippen LogP contribution in [0.15, 0.2) is 66.7 Å². The molecule has 7 heteroatoms. The molecule has 3 aromatic rings.